The van der Waals surface area contributed by atoms with Gasteiger partial charge in [-0.2, -0.15) is 0 Å². The topological polar surface area (TPSA) is 89.2 Å². The molecule has 7 nitrogen and oxygen atoms in total. The summed E-state index contributed by atoms with van der Waals surface area (Å²) in [6, 6.07) is 18.1. The summed E-state index contributed by atoms with van der Waals surface area (Å²) >= 11 is 6.17. The molecule has 0 fully saturated rings. The van der Waals surface area contributed by atoms with Crippen LogP contribution in [0.3, 0.4) is 0 Å². The van der Waals surface area contributed by atoms with Crippen molar-refractivity contribution in [1.29, 1.82) is 0 Å². The first-order valence-corrected chi connectivity index (χ1v) is 11.5. The summed E-state index contributed by atoms with van der Waals surface area (Å²) in [5.74, 6) is -0.994. The number of aliphatic hydroxyl groups excluding tert-OH is 1. The second-order valence-electron chi connectivity index (χ2n) is 8.36. The Hall–Kier alpha value is -4.23. The molecule has 1 atom stereocenters. The molecule has 182 valence electrons. The highest BCUT2D eigenvalue weighted by molar-refractivity contribution is 6.31. The third-order valence-electron chi connectivity index (χ3n) is 6.28. The largest absolute Gasteiger partial charge is 0.503 e. The maximum Gasteiger partial charge on any atom is 0.294 e. The number of rotatable bonds is 6. The number of aryl methyl sites for hydroxylation is 1. The third-order valence-corrected chi connectivity index (χ3v) is 6.50. The summed E-state index contributed by atoms with van der Waals surface area (Å²) in [5, 5.41) is 12.0. The molecule has 1 aromatic heterocycles. The number of ether oxygens (including phenoxy) is 2. The fourth-order valence-corrected chi connectivity index (χ4v) is 4.73. The summed E-state index contributed by atoms with van der Waals surface area (Å²) in [6.07, 6.45) is 0. The molecule has 0 aliphatic carbocycles. The van der Waals surface area contributed by atoms with Gasteiger partial charge in [0.25, 0.3) is 5.91 Å². The minimum Gasteiger partial charge on any atom is -0.503 e. The predicted molar refractivity (Wildman–Crippen MR) is 136 cm³/mol. The van der Waals surface area contributed by atoms with Crippen molar-refractivity contribution in [3.8, 4) is 11.5 Å². The molecule has 0 spiro atoms. The smallest absolute Gasteiger partial charge is 0.294 e. The fraction of sp³-hybridized carbons (Fsp3) is 0.143. The molecule has 4 aromatic rings. The number of furan rings is 1. The van der Waals surface area contributed by atoms with Crippen molar-refractivity contribution in [3.05, 3.63) is 100.0 Å². The number of carbonyl (C=O) groups excluding carboxylic acids is 2. The Labute approximate surface area is 212 Å². The standard InChI is InChI=1S/C28H22ClNO6/c1-15-6-4-5-7-20(15)24-23(26(32)28(33)30(24)18-8-10-19(34-2)11-9-18)25(31)21-13-16-12-17(29)14-22(35-3)27(16)36-21/h4-14,24,32H,1-3H3. The van der Waals surface area contributed by atoms with Crippen LogP contribution in [0.1, 0.15) is 27.7 Å². The van der Waals surface area contributed by atoms with Crippen LogP contribution in [0, 0.1) is 6.92 Å². The average Bonchev–Trinajstić information content (AvgIpc) is 3.42. The normalized spacial score (nSPS) is 15.6. The third kappa shape index (κ3) is 3.78. The number of amides is 1. The molecule has 2 heterocycles. The Kier molecular flexibility index (Phi) is 5.94. The summed E-state index contributed by atoms with van der Waals surface area (Å²) in [4.78, 5) is 28.6. The number of carbonyl (C=O) groups is 2. The van der Waals surface area contributed by atoms with Gasteiger partial charge in [-0.1, -0.05) is 35.9 Å². The molecule has 0 saturated carbocycles. The van der Waals surface area contributed by atoms with Crippen LogP contribution in [-0.2, 0) is 4.79 Å². The van der Waals surface area contributed by atoms with Crippen LogP contribution >= 0.6 is 11.6 Å². The van der Waals surface area contributed by atoms with E-state index in [2.05, 4.69) is 0 Å². The molecule has 1 N–H and O–H groups in total. The maximum atomic E-state index is 13.8. The lowest BCUT2D eigenvalue weighted by Crippen LogP contribution is -2.31. The zero-order chi connectivity index (χ0) is 25.6. The fourth-order valence-electron chi connectivity index (χ4n) is 4.52. The highest BCUT2D eigenvalue weighted by Gasteiger charge is 2.45. The van der Waals surface area contributed by atoms with Crippen LogP contribution in [0.15, 0.2) is 82.5 Å². The van der Waals surface area contributed by atoms with E-state index in [9.17, 15) is 14.7 Å². The number of nitrogens with zero attached hydrogens (tertiary/aromatic N) is 1. The van der Waals surface area contributed by atoms with E-state index in [1.54, 1.807) is 43.5 Å². The number of methoxy groups -OCH3 is 2. The van der Waals surface area contributed by atoms with Crippen molar-refractivity contribution in [2.24, 2.45) is 0 Å². The van der Waals surface area contributed by atoms with Crippen LogP contribution in [0.4, 0.5) is 5.69 Å². The number of ketones is 1. The molecule has 0 bridgehead atoms. The van der Waals surface area contributed by atoms with Crippen LogP contribution in [0.25, 0.3) is 11.0 Å². The maximum absolute atomic E-state index is 13.8. The minimum atomic E-state index is -0.877. The first-order valence-electron chi connectivity index (χ1n) is 11.1. The lowest BCUT2D eigenvalue weighted by atomic mass is 9.92. The molecule has 0 saturated heterocycles. The number of benzene rings is 3. The molecule has 1 unspecified atom stereocenters. The number of anilines is 1. The van der Waals surface area contributed by atoms with Gasteiger partial charge >= 0.3 is 0 Å². The summed E-state index contributed by atoms with van der Waals surface area (Å²) in [5.41, 5.74) is 2.32. The Morgan fingerprint density at radius 3 is 2.42 bits per heavy atom. The molecule has 36 heavy (non-hydrogen) atoms. The summed E-state index contributed by atoms with van der Waals surface area (Å²) < 4.78 is 16.4. The SMILES string of the molecule is COc1ccc(N2C(=O)C(O)=C(C(=O)c3cc4cc(Cl)cc(OC)c4o3)C2c2ccccc2C)cc1. The van der Waals surface area contributed by atoms with Crippen LogP contribution in [0.5, 0.6) is 11.5 Å². The molecular weight excluding hydrogens is 482 g/mol. The van der Waals surface area contributed by atoms with Crippen LogP contribution in [0.2, 0.25) is 5.02 Å². The zero-order valence-corrected chi connectivity index (χ0v) is 20.5. The van der Waals surface area contributed by atoms with Crippen molar-refractivity contribution in [2.45, 2.75) is 13.0 Å². The quantitative estimate of drug-likeness (QED) is 0.315. The average molecular weight is 504 g/mol. The van der Waals surface area contributed by atoms with E-state index in [-0.39, 0.29) is 11.3 Å². The second kappa shape index (κ2) is 9.09. The van der Waals surface area contributed by atoms with Gasteiger partial charge in [-0.25, -0.2) is 0 Å². The molecule has 1 aliphatic heterocycles. The van der Waals surface area contributed by atoms with E-state index in [4.69, 9.17) is 25.5 Å². The Morgan fingerprint density at radius 2 is 1.75 bits per heavy atom. The number of hydrogen-bond acceptors (Lipinski definition) is 6. The van der Waals surface area contributed by atoms with Crippen molar-refractivity contribution in [2.75, 3.05) is 19.1 Å². The highest BCUT2D eigenvalue weighted by atomic mass is 35.5. The number of aliphatic hydroxyl groups is 1. The molecule has 8 heteroatoms. The van der Waals surface area contributed by atoms with Gasteiger partial charge in [0.1, 0.15) is 5.75 Å². The monoisotopic (exact) mass is 503 g/mol. The van der Waals surface area contributed by atoms with Gasteiger partial charge in [0.15, 0.2) is 22.9 Å². The molecule has 3 aromatic carbocycles. The van der Waals surface area contributed by atoms with Gasteiger partial charge in [0.2, 0.25) is 5.78 Å². The van der Waals surface area contributed by atoms with E-state index in [1.807, 2.05) is 31.2 Å². The number of halogens is 1. The Morgan fingerprint density at radius 1 is 1.03 bits per heavy atom. The zero-order valence-electron chi connectivity index (χ0n) is 19.7. The van der Waals surface area contributed by atoms with Crippen molar-refractivity contribution in [1.82, 2.24) is 0 Å². The number of Topliss-reactive ketones (excluding diaryl/α,β-unsaturated/α-hetero) is 1. The lowest BCUT2D eigenvalue weighted by Gasteiger charge is -2.28. The Bertz CT molecular complexity index is 1540. The first-order chi connectivity index (χ1) is 17.3. The van der Waals surface area contributed by atoms with Crippen LogP contribution in [-0.4, -0.2) is 31.0 Å². The Balaban J connectivity index is 1.67. The van der Waals surface area contributed by atoms with Gasteiger partial charge in [-0.15, -0.1) is 0 Å². The van der Waals surface area contributed by atoms with E-state index >= 15 is 0 Å². The van der Waals surface area contributed by atoms with Crippen LogP contribution < -0.4 is 14.4 Å². The lowest BCUT2D eigenvalue weighted by molar-refractivity contribution is -0.117. The molecule has 0 radical (unpaired) electrons. The van der Waals surface area contributed by atoms with Gasteiger partial charge in [-0.3, -0.25) is 14.5 Å². The molecular formula is C28H22ClNO6. The van der Waals surface area contributed by atoms with E-state index in [0.717, 1.165) is 5.56 Å². The van der Waals surface area contributed by atoms with Crippen molar-refractivity contribution in [3.63, 3.8) is 0 Å². The minimum absolute atomic E-state index is 0.0462. The van der Waals surface area contributed by atoms with Gasteiger partial charge < -0.3 is 19.0 Å². The molecule has 1 aliphatic rings. The molecule has 5 rings (SSSR count). The molecule has 1 amide bonds. The van der Waals surface area contributed by atoms with E-state index < -0.39 is 23.5 Å². The van der Waals surface area contributed by atoms with Gasteiger partial charge in [0.05, 0.1) is 25.8 Å². The predicted octanol–water partition coefficient (Wildman–Crippen LogP) is 6.19. The van der Waals surface area contributed by atoms with Crippen molar-refractivity contribution < 1.29 is 28.6 Å². The van der Waals surface area contributed by atoms with Crippen molar-refractivity contribution >= 4 is 39.9 Å². The second-order valence-corrected chi connectivity index (χ2v) is 8.80. The number of hydrogen-bond donors (Lipinski definition) is 1. The number of fused-ring (bicyclic) bond motifs is 1. The summed E-state index contributed by atoms with van der Waals surface area (Å²) in [7, 11) is 3.02. The van der Waals surface area contributed by atoms with Gasteiger partial charge in [-0.05, 0) is 54.4 Å². The van der Waals surface area contributed by atoms with E-state index in [1.165, 1.54) is 18.1 Å². The van der Waals surface area contributed by atoms with E-state index in [0.29, 0.717) is 38.7 Å². The first kappa shape index (κ1) is 23.5. The summed E-state index contributed by atoms with van der Waals surface area (Å²) in [6.45, 7) is 1.89. The van der Waals surface area contributed by atoms with Gasteiger partial charge in [0, 0.05) is 22.2 Å². The highest BCUT2D eigenvalue weighted by Crippen LogP contribution is 2.44.